The van der Waals surface area contributed by atoms with Gasteiger partial charge in [-0.05, 0) is 66.5 Å². The minimum Gasteiger partial charge on any atom is -0.362 e. The lowest BCUT2D eigenvalue weighted by molar-refractivity contribution is -0.119. The number of aryl methyl sites for hydroxylation is 1. The number of carbonyl (C=O) groups is 2. The molecule has 2 amide bonds. The van der Waals surface area contributed by atoms with Gasteiger partial charge in [-0.3, -0.25) is 9.59 Å². The van der Waals surface area contributed by atoms with Crippen molar-refractivity contribution in [2.75, 3.05) is 31.1 Å². The summed E-state index contributed by atoms with van der Waals surface area (Å²) in [6.07, 6.45) is 4.34. The Hall–Kier alpha value is -2.82. The lowest BCUT2D eigenvalue weighted by atomic mass is 9.95. The summed E-state index contributed by atoms with van der Waals surface area (Å²) in [5.41, 5.74) is 5.63. The normalized spacial score (nSPS) is 15.8. The molecule has 2 aliphatic rings. The molecule has 2 aromatic carbocycles. The molecule has 5 heteroatoms. The Morgan fingerprint density at radius 1 is 0.968 bits per heavy atom. The zero-order valence-electron chi connectivity index (χ0n) is 18.7. The van der Waals surface area contributed by atoms with Crippen LogP contribution in [-0.2, 0) is 17.8 Å². The molecule has 1 N–H and O–H groups in total. The summed E-state index contributed by atoms with van der Waals surface area (Å²) in [7, 11) is 0. The van der Waals surface area contributed by atoms with Gasteiger partial charge in [-0.15, -0.1) is 0 Å². The lowest BCUT2D eigenvalue weighted by Crippen LogP contribution is -2.39. The molecule has 5 nitrogen and oxygen atoms in total. The van der Waals surface area contributed by atoms with Crippen LogP contribution in [-0.4, -0.2) is 42.9 Å². The number of benzene rings is 2. The third-order valence-corrected chi connectivity index (χ3v) is 6.40. The van der Waals surface area contributed by atoms with Gasteiger partial charge < -0.3 is 15.1 Å². The number of amides is 2. The molecule has 0 bridgehead atoms. The molecule has 0 saturated carbocycles. The first-order valence-corrected chi connectivity index (χ1v) is 11.5. The van der Waals surface area contributed by atoms with E-state index in [2.05, 4.69) is 42.3 Å². The van der Waals surface area contributed by atoms with Crippen LogP contribution in [0.25, 0.3) is 0 Å². The van der Waals surface area contributed by atoms with Gasteiger partial charge in [0.2, 0.25) is 5.91 Å². The fourth-order valence-corrected chi connectivity index (χ4v) is 4.52. The van der Waals surface area contributed by atoms with Crippen molar-refractivity contribution in [3.05, 3.63) is 64.7 Å². The van der Waals surface area contributed by atoms with E-state index in [1.54, 1.807) is 0 Å². The SMILES string of the molecule is CC(C)c1ccc2c(c1)CCCN2CC(=O)NCc1ccc(C(=O)N2CCCC2)cc1. The van der Waals surface area contributed by atoms with Crippen molar-refractivity contribution < 1.29 is 9.59 Å². The van der Waals surface area contributed by atoms with Gasteiger partial charge in [0.15, 0.2) is 0 Å². The van der Waals surface area contributed by atoms with Gasteiger partial charge in [-0.25, -0.2) is 0 Å². The van der Waals surface area contributed by atoms with Crippen LogP contribution < -0.4 is 10.2 Å². The van der Waals surface area contributed by atoms with Crippen molar-refractivity contribution in [2.24, 2.45) is 0 Å². The Morgan fingerprint density at radius 3 is 2.42 bits per heavy atom. The first-order chi connectivity index (χ1) is 15.0. The van der Waals surface area contributed by atoms with Crippen LogP contribution in [0.15, 0.2) is 42.5 Å². The number of anilines is 1. The van der Waals surface area contributed by atoms with Crippen molar-refractivity contribution in [1.29, 1.82) is 0 Å². The molecule has 0 aromatic heterocycles. The van der Waals surface area contributed by atoms with Gasteiger partial charge in [-0.2, -0.15) is 0 Å². The van der Waals surface area contributed by atoms with Crippen LogP contribution in [0.3, 0.4) is 0 Å². The van der Waals surface area contributed by atoms with E-state index in [1.807, 2.05) is 29.2 Å². The van der Waals surface area contributed by atoms with Gasteiger partial charge in [0.25, 0.3) is 5.91 Å². The first kappa shape index (κ1) is 21.4. The summed E-state index contributed by atoms with van der Waals surface area (Å²) in [5.74, 6) is 0.650. The summed E-state index contributed by atoms with van der Waals surface area (Å²) in [4.78, 5) is 29.2. The van der Waals surface area contributed by atoms with E-state index in [4.69, 9.17) is 0 Å². The average Bonchev–Trinajstić information content (AvgIpc) is 3.32. The number of nitrogens with one attached hydrogen (secondary N) is 1. The average molecular weight is 420 g/mol. The molecule has 0 spiro atoms. The molecule has 2 heterocycles. The van der Waals surface area contributed by atoms with E-state index < -0.39 is 0 Å². The van der Waals surface area contributed by atoms with Crippen LogP contribution in [0.4, 0.5) is 5.69 Å². The number of likely N-dealkylation sites (tertiary alicyclic amines) is 1. The molecular weight excluding hydrogens is 386 g/mol. The van der Waals surface area contributed by atoms with Gasteiger partial charge in [0.1, 0.15) is 0 Å². The summed E-state index contributed by atoms with van der Waals surface area (Å²) in [6, 6.07) is 14.3. The van der Waals surface area contributed by atoms with Gasteiger partial charge in [0, 0.05) is 37.4 Å². The fourth-order valence-electron chi connectivity index (χ4n) is 4.52. The second kappa shape index (κ2) is 9.54. The van der Waals surface area contributed by atoms with E-state index in [-0.39, 0.29) is 11.8 Å². The Kier molecular flexibility index (Phi) is 6.59. The van der Waals surface area contributed by atoms with E-state index in [9.17, 15) is 9.59 Å². The van der Waals surface area contributed by atoms with E-state index in [1.165, 1.54) is 16.8 Å². The van der Waals surface area contributed by atoms with E-state index in [0.717, 1.165) is 56.4 Å². The minimum atomic E-state index is 0.0259. The Morgan fingerprint density at radius 2 is 1.71 bits per heavy atom. The number of fused-ring (bicyclic) bond motifs is 1. The second-order valence-electron chi connectivity index (χ2n) is 9.04. The van der Waals surface area contributed by atoms with Crippen molar-refractivity contribution in [3.8, 4) is 0 Å². The van der Waals surface area contributed by atoms with Crippen LogP contribution in [0.5, 0.6) is 0 Å². The third kappa shape index (κ3) is 5.09. The molecule has 164 valence electrons. The predicted octanol–water partition coefficient (Wildman–Crippen LogP) is 4.12. The molecule has 31 heavy (non-hydrogen) atoms. The summed E-state index contributed by atoms with van der Waals surface area (Å²) in [6.45, 7) is 7.90. The van der Waals surface area contributed by atoms with E-state index in [0.29, 0.717) is 19.0 Å². The molecule has 1 fully saturated rings. The first-order valence-electron chi connectivity index (χ1n) is 11.5. The van der Waals surface area contributed by atoms with Crippen molar-refractivity contribution in [3.63, 3.8) is 0 Å². The monoisotopic (exact) mass is 419 g/mol. The predicted molar refractivity (Wildman–Crippen MR) is 124 cm³/mol. The molecule has 0 atom stereocenters. The summed E-state index contributed by atoms with van der Waals surface area (Å²) >= 11 is 0. The highest BCUT2D eigenvalue weighted by Crippen LogP contribution is 2.30. The topological polar surface area (TPSA) is 52.7 Å². The Balaban J connectivity index is 1.31. The summed E-state index contributed by atoms with van der Waals surface area (Å²) in [5, 5.41) is 3.03. The maximum atomic E-state index is 12.6. The van der Waals surface area contributed by atoms with Gasteiger partial charge >= 0.3 is 0 Å². The Bertz CT molecular complexity index is 930. The maximum absolute atomic E-state index is 12.6. The highest BCUT2D eigenvalue weighted by molar-refractivity contribution is 5.94. The van der Waals surface area contributed by atoms with Crippen LogP contribution in [0.1, 0.15) is 66.1 Å². The number of hydrogen-bond acceptors (Lipinski definition) is 3. The second-order valence-corrected chi connectivity index (χ2v) is 9.04. The quantitative estimate of drug-likeness (QED) is 0.766. The maximum Gasteiger partial charge on any atom is 0.253 e. The summed E-state index contributed by atoms with van der Waals surface area (Å²) < 4.78 is 0. The fraction of sp³-hybridized carbons (Fsp3) is 0.462. The lowest BCUT2D eigenvalue weighted by Gasteiger charge is -2.31. The Labute approximate surface area is 185 Å². The number of nitrogens with zero attached hydrogens (tertiary/aromatic N) is 2. The van der Waals surface area contributed by atoms with Gasteiger partial charge in [-0.1, -0.05) is 38.1 Å². The molecular formula is C26H33N3O2. The highest BCUT2D eigenvalue weighted by atomic mass is 16.2. The minimum absolute atomic E-state index is 0.0259. The van der Waals surface area contributed by atoms with Crippen molar-refractivity contribution in [1.82, 2.24) is 10.2 Å². The molecule has 0 radical (unpaired) electrons. The number of carbonyl (C=O) groups excluding carboxylic acids is 2. The molecule has 0 unspecified atom stereocenters. The van der Waals surface area contributed by atoms with Crippen LogP contribution >= 0.6 is 0 Å². The largest absolute Gasteiger partial charge is 0.362 e. The molecule has 0 aliphatic carbocycles. The van der Waals surface area contributed by atoms with Crippen LogP contribution in [0.2, 0.25) is 0 Å². The zero-order chi connectivity index (χ0) is 21.8. The van der Waals surface area contributed by atoms with Crippen LogP contribution in [0, 0.1) is 0 Å². The molecule has 2 aliphatic heterocycles. The van der Waals surface area contributed by atoms with E-state index >= 15 is 0 Å². The molecule has 2 aromatic rings. The number of hydrogen-bond donors (Lipinski definition) is 1. The molecule has 1 saturated heterocycles. The highest BCUT2D eigenvalue weighted by Gasteiger charge is 2.21. The van der Waals surface area contributed by atoms with Crippen molar-refractivity contribution in [2.45, 2.75) is 52.0 Å². The standard InChI is InChI=1S/C26H33N3O2/c1-19(2)22-11-12-24-23(16-22)6-5-15-29(24)18-25(30)27-17-20-7-9-21(10-8-20)26(31)28-13-3-4-14-28/h7-12,16,19H,3-6,13-15,17-18H2,1-2H3,(H,27,30). The molecule has 4 rings (SSSR count). The zero-order valence-corrected chi connectivity index (χ0v) is 18.7. The number of rotatable bonds is 6. The smallest absolute Gasteiger partial charge is 0.253 e. The van der Waals surface area contributed by atoms with Crippen molar-refractivity contribution >= 4 is 17.5 Å². The van der Waals surface area contributed by atoms with Gasteiger partial charge in [0.05, 0.1) is 6.54 Å². The third-order valence-electron chi connectivity index (χ3n) is 6.40.